The van der Waals surface area contributed by atoms with Gasteiger partial charge in [-0.1, -0.05) is 137 Å². The highest BCUT2D eigenvalue weighted by Crippen LogP contribution is 2.53. The predicted molar refractivity (Wildman–Crippen MR) is 226 cm³/mol. The molecule has 2 aliphatic carbocycles. The molecule has 9 aromatic rings. The zero-order valence-electron chi connectivity index (χ0n) is 30.9. The summed E-state index contributed by atoms with van der Waals surface area (Å²) in [5, 5.41) is 4.63. The van der Waals surface area contributed by atoms with E-state index in [2.05, 4.69) is 196 Å². The van der Waals surface area contributed by atoms with Crippen molar-refractivity contribution in [1.29, 1.82) is 0 Å². The van der Waals surface area contributed by atoms with Crippen LogP contribution in [0.1, 0.15) is 49.9 Å². The molecule has 0 bridgehead atoms. The van der Waals surface area contributed by atoms with Crippen molar-refractivity contribution in [2.24, 2.45) is 0 Å². The lowest BCUT2D eigenvalue weighted by Crippen LogP contribution is -2.18. The average Bonchev–Trinajstić information content (AvgIpc) is 3.78. The Balaban J connectivity index is 1.04. The van der Waals surface area contributed by atoms with Crippen molar-refractivity contribution in [2.75, 3.05) is 4.90 Å². The molecule has 0 saturated carbocycles. The molecule has 54 heavy (non-hydrogen) atoms. The van der Waals surface area contributed by atoms with E-state index in [1.165, 1.54) is 61.0 Å². The quantitative estimate of drug-likeness (QED) is 0.182. The fraction of sp³-hybridized carbons (Fsp3) is 0.115. The lowest BCUT2D eigenvalue weighted by molar-refractivity contribution is 0.660. The van der Waals surface area contributed by atoms with E-state index >= 15 is 0 Å². The highest BCUT2D eigenvalue weighted by Gasteiger charge is 2.37. The third kappa shape index (κ3) is 4.34. The zero-order chi connectivity index (χ0) is 36.3. The monoisotopic (exact) mass is 693 g/mol. The molecule has 0 spiro atoms. The summed E-state index contributed by atoms with van der Waals surface area (Å²) >= 11 is 0. The first-order valence-corrected chi connectivity index (χ1v) is 19.0. The summed E-state index contributed by atoms with van der Waals surface area (Å²) in [5.41, 5.74) is 18.3. The van der Waals surface area contributed by atoms with Crippen LogP contribution in [0.3, 0.4) is 0 Å². The van der Waals surface area contributed by atoms with Gasteiger partial charge in [-0.05, 0) is 116 Å². The van der Waals surface area contributed by atoms with E-state index in [-0.39, 0.29) is 10.8 Å². The fourth-order valence-corrected chi connectivity index (χ4v) is 9.60. The van der Waals surface area contributed by atoms with Crippen molar-refractivity contribution in [3.63, 3.8) is 0 Å². The summed E-state index contributed by atoms with van der Waals surface area (Å²) in [6, 6.07) is 60.4. The molecule has 0 saturated heterocycles. The van der Waals surface area contributed by atoms with Crippen LogP contribution in [0.2, 0.25) is 0 Å². The molecule has 1 aromatic heterocycles. The normalized spacial score (nSPS) is 14.6. The number of anilines is 3. The van der Waals surface area contributed by atoms with Gasteiger partial charge in [-0.2, -0.15) is 0 Å². The highest BCUT2D eigenvalue weighted by molar-refractivity contribution is 6.15. The molecule has 0 fully saturated rings. The van der Waals surface area contributed by atoms with Crippen LogP contribution >= 0.6 is 0 Å². The van der Waals surface area contributed by atoms with Gasteiger partial charge in [0.2, 0.25) is 0 Å². The Morgan fingerprint density at radius 3 is 1.57 bits per heavy atom. The van der Waals surface area contributed by atoms with Crippen molar-refractivity contribution in [1.82, 2.24) is 0 Å². The second-order valence-corrected chi connectivity index (χ2v) is 16.2. The topological polar surface area (TPSA) is 16.4 Å². The molecule has 0 unspecified atom stereocenters. The van der Waals surface area contributed by atoms with E-state index in [4.69, 9.17) is 4.42 Å². The molecule has 11 rings (SSSR count). The molecule has 2 aliphatic rings. The van der Waals surface area contributed by atoms with Gasteiger partial charge in [0, 0.05) is 44.1 Å². The number of nitrogens with zero attached hydrogens (tertiary/aromatic N) is 1. The Bertz CT molecular complexity index is 2890. The smallest absolute Gasteiger partial charge is 0.143 e. The molecule has 258 valence electrons. The second kappa shape index (κ2) is 11.1. The van der Waals surface area contributed by atoms with Crippen LogP contribution in [0.4, 0.5) is 17.1 Å². The molecule has 0 N–H and O–H groups in total. The molecular weight excluding hydrogens is 655 g/mol. The molecular formula is C52H39NO. The maximum Gasteiger partial charge on any atom is 0.143 e. The number of fused-ring (bicyclic) bond motifs is 11. The van der Waals surface area contributed by atoms with Crippen LogP contribution in [-0.4, -0.2) is 0 Å². The van der Waals surface area contributed by atoms with E-state index < -0.39 is 0 Å². The van der Waals surface area contributed by atoms with Crippen molar-refractivity contribution >= 4 is 49.8 Å². The molecule has 0 aliphatic heterocycles. The summed E-state index contributed by atoms with van der Waals surface area (Å²) < 4.78 is 6.43. The summed E-state index contributed by atoms with van der Waals surface area (Å²) in [4.78, 5) is 2.44. The van der Waals surface area contributed by atoms with Crippen LogP contribution in [0.25, 0.3) is 66.1 Å². The van der Waals surface area contributed by atoms with Gasteiger partial charge in [-0.15, -0.1) is 0 Å². The Kier molecular flexibility index (Phi) is 6.39. The minimum atomic E-state index is -0.0960. The van der Waals surface area contributed by atoms with Gasteiger partial charge in [0.15, 0.2) is 0 Å². The van der Waals surface area contributed by atoms with Gasteiger partial charge in [0.05, 0.1) is 0 Å². The lowest BCUT2D eigenvalue weighted by atomic mass is 9.82. The van der Waals surface area contributed by atoms with Crippen LogP contribution in [0.5, 0.6) is 0 Å². The predicted octanol–water partition coefficient (Wildman–Crippen LogP) is 14.5. The molecule has 1 heterocycles. The van der Waals surface area contributed by atoms with Gasteiger partial charge in [-0.25, -0.2) is 0 Å². The third-order valence-corrected chi connectivity index (χ3v) is 12.5. The lowest BCUT2D eigenvalue weighted by Gasteiger charge is -2.30. The van der Waals surface area contributed by atoms with E-state index in [0.717, 1.165) is 44.4 Å². The maximum atomic E-state index is 6.43. The summed E-state index contributed by atoms with van der Waals surface area (Å²) in [7, 11) is 0. The molecule has 2 nitrogen and oxygen atoms in total. The Labute approximate surface area is 315 Å². The maximum absolute atomic E-state index is 6.43. The van der Waals surface area contributed by atoms with Gasteiger partial charge in [0.25, 0.3) is 0 Å². The van der Waals surface area contributed by atoms with Crippen LogP contribution in [-0.2, 0) is 10.8 Å². The van der Waals surface area contributed by atoms with E-state index in [9.17, 15) is 0 Å². The Morgan fingerprint density at radius 1 is 0.389 bits per heavy atom. The van der Waals surface area contributed by atoms with E-state index in [1.54, 1.807) is 0 Å². The molecule has 0 atom stereocenters. The number of hydrogen-bond acceptors (Lipinski definition) is 2. The van der Waals surface area contributed by atoms with Crippen LogP contribution in [0, 0.1) is 0 Å². The third-order valence-electron chi connectivity index (χ3n) is 12.5. The van der Waals surface area contributed by atoms with Crippen molar-refractivity contribution in [3.05, 3.63) is 186 Å². The van der Waals surface area contributed by atoms with Gasteiger partial charge < -0.3 is 9.32 Å². The Hall–Kier alpha value is -6.38. The highest BCUT2D eigenvalue weighted by atomic mass is 16.3. The number of hydrogen-bond donors (Lipinski definition) is 0. The minimum absolute atomic E-state index is 0.0960. The van der Waals surface area contributed by atoms with Crippen molar-refractivity contribution < 1.29 is 4.42 Å². The first kappa shape index (κ1) is 31.2. The number of rotatable bonds is 4. The second-order valence-electron chi connectivity index (χ2n) is 16.2. The van der Waals surface area contributed by atoms with Crippen LogP contribution in [0.15, 0.2) is 168 Å². The average molecular weight is 694 g/mol. The van der Waals surface area contributed by atoms with Gasteiger partial charge in [0.1, 0.15) is 11.2 Å². The zero-order valence-corrected chi connectivity index (χ0v) is 30.9. The molecule has 0 radical (unpaired) electrons. The minimum Gasteiger partial charge on any atom is -0.455 e. The molecule has 0 amide bonds. The SMILES string of the molecule is CC1(C)c2ccccc2-c2ccc(N(c3ccc(-c4ccc5oc6c7ccccc7ccc6c5c4)cc3)c3ccc4c(c3)C(C)(C)c3ccccc3-4)cc21. The van der Waals surface area contributed by atoms with Crippen molar-refractivity contribution in [3.8, 4) is 33.4 Å². The van der Waals surface area contributed by atoms with E-state index in [0.29, 0.717) is 0 Å². The largest absolute Gasteiger partial charge is 0.455 e. The van der Waals surface area contributed by atoms with Gasteiger partial charge in [-0.3, -0.25) is 0 Å². The number of benzene rings is 8. The first-order chi connectivity index (χ1) is 26.3. The molecule has 2 heteroatoms. The Morgan fingerprint density at radius 2 is 0.926 bits per heavy atom. The summed E-state index contributed by atoms with van der Waals surface area (Å²) in [6.45, 7) is 9.44. The van der Waals surface area contributed by atoms with Crippen LogP contribution < -0.4 is 4.90 Å². The van der Waals surface area contributed by atoms with Gasteiger partial charge >= 0.3 is 0 Å². The fourth-order valence-electron chi connectivity index (χ4n) is 9.60. The standard InChI is InChI=1S/C52H39NO/c1-51(2)45-15-9-7-13-39(45)41-26-23-36(30-47(41)51)53(37-24-27-42-40-14-8-10-16-46(40)52(3,4)48(42)31-37)35-21-17-32(18-22-35)34-20-28-49-44(29-34)43-25-19-33-11-5-6-12-38(33)50(43)54-49/h5-31H,1-4H3. The first-order valence-electron chi connectivity index (χ1n) is 19.0. The number of furan rings is 1. The molecule has 8 aromatic carbocycles. The summed E-state index contributed by atoms with van der Waals surface area (Å²) in [5.74, 6) is 0. The summed E-state index contributed by atoms with van der Waals surface area (Å²) in [6.07, 6.45) is 0. The van der Waals surface area contributed by atoms with E-state index in [1.807, 2.05) is 0 Å². The van der Waals surface area contributed by atoms with Crippen molar-refractivity contribution in [2.45, 2.75) is 38.5 Å².